The number of benzene rings is 2. The van der Waals surface area contributed by atoms with E-state index in [9.17, 15) is 13.2 Å². The lowest BCUT2D eigenvalue weighted by atomic mass is 9.92. The number of likely N-dealkylation sites (tertiary alicyclic amines) is 1. The molecule has 4 rings (SSSR count). The van der Waals surface area contributed by atoms with E-state index in [0.29, 0.717) is 18.0 Å². The Morgan fingerprint density at radius 1 is 0.968 bits per heavy atom. The van der Waals surface area contributed by atoms with Gasteiger partial charge in [0.2, 0.25) is 10.0 Å². The third kappa shape index (κ3) is 5.42. The monoisotopic (exact) mass is 454 g/mol. The highest BCUT2D eigenvalue weighted by Crippen LogP contribution is 2.28. The minimum atomic E-state index is -3.62. The Kier molecular flexibility index (Phi) is 6.85. The van der Waals surface area contributed by atoms with E-state index in [2.05, 4.69) is 29.0 Å². The van der Waals surface area contributed by atoms with Crippen LogP contribution in [0.2, 0.25) is 0 Å². The number of sulfonamides is 1. The maximum Gasteiger partial charge on any atom is 0.253 e. The number of hydrogen-bond donors (Lipinski definition) is 1. The second kappa shape index (κ2) is 9.77. The topological polar surface area (TPSA) is 66.5 Å². The molecule has 5 nitrogen and oxygen atoms in total. The molecule has 1 atom stereocenters. The van der Waals surface area contributed by atoms with Gasteiger partial charge in [-0.2, -0.15) is 0 Å². The molecule has 0 aliphatic carbocycles. The number of nitrogens with zero attached hydrogens (tertiary/aromatic N) is 1. The maximum absolute atomic E-state index is 13.0. The van der Waals surface area contributed by atoms with E-state index in [4.69, 9.17) is 0 Å². The van der Waals surface area contributed by atoms with Gasteiger partial charge in [0.25, 0.3) is 5.91 Å². The Morgan fingerprint density at radius 2 is 1.74 bits per heavy atom. The zero-order chi connectivity index (χ0) is 21.7. The Labute approximate surface area is 187 Å². The molecule has 1 aliphatic rings. The van der Waals surface area contributed by atoms with Crippen molar-refractivity contribution in [2.24, 2.45) is 0 Å². The molecule has 0 bridgehead atoms. The molecular weight excluding hydrogens is 428 g/mol. The summed E-state index contributed by atoms with van der Waals surface area (Å²) >= 11 is 1.50. The largest absolute Gasteiger partial charge is 0.339 e. The number of carbonyl (C=O) groups is 1. The first-order chi connectivity index (χ1) is 15.0. The van der Waals surface area contributed by atoms with Crippen molar-refractivity contribution in [2.75, 3.05) is 13.1 Å². The molecule has 162 valence electrons. The lowest BCUT2D eigenvalue weighted by Gasteiger charge is -2.21. The highest BCUT2D eigenvalue weighted by molar-refractivity contribution is 7.89. The number of rotatable bonds is 6. The van der Waals surface area contributed by atoms with E-state index >= 15 is 0 Å². The number of carbonyl (C=O) groups excluding carboxylic acids is 1. The van der Waals surface area contributed by atoms with Gasteiger partial charge in [0, 0.05) is 30.1 Å². The summed E-state index contributed by atoms with van der Waals surface area (Å²) in [5, 5.41) is 1.91. The summed E-state index contributed by atoms with van der Waals surface area (Å²) in [6.45, 7) is 1.70. The van der Waals surface area contributed by atoms with Gasteiger partial charge in [-0.25, -0.2) is 13.1 Å². The Balaban J connectivity index is 1.38. The third-order valence-electron chi connectivity index (χ3n) is 5.71. The van der Waals surface area contributed by atoms with Crippen molar-refractivity contribution in [3.05, 3.63) is 88.1 Å². The van der Waals surface area contributed by atoms with E-state index in [1.54, 1.807) is 12.1 Å². The van der Waals surface area contributed by atoms with Crippen LogP contribution in [0.3, 0.4) is 0 Å². The molecular formula is C24H26N2O3S2. The van der Waals surface area contributed by atoms with Crippen molar-refractivity contribution in [2.45, 2.75) is 36.6 Å². The van der Waals surface area contributed by atoms with Crippen LogP contribution < -0.4 is 4.72 Å². The fraction of sp³-hybridized carbons (Fsp3) is 0.292. The van der Waals surface area contributed by atoms with E-state index in [1.807, 2.05) is 28.5 Å². The van der Waals surface area contributed by atoms with Gasteiger partial charge in [0.1, 0.15) is 0 Å². The van der Waals surface area contributed by atoms with Crippen LogP contribution in [0.5, 0.6) is 0 Å². The molecule has 31 heavy (non-hydrogen) atoms. The van der Waals surface area contributed by atoms with E-state index in [-0.39, 0.29) is 17.3 Å². The van der Waals surface area contributed by atoms with Crippen molar-refractivity contribution < 1.29 is 13.2 Å². The quantitative estimate of drug-likeness (QED) is 0.590. The average molecular weight is 455 g/mol. The fourth-order valence-corrected chi connectivity index (χ4v) is 5.72. The van der Waals surface area contributed by atoms with Crippen LogP contribution in [0.4, 0.5) is 0 Å². The molecule has 1 unspecified atom stereocenters. The molecule has 0 saturated carbocycles. The zero-order valence-corrected chi connectivity index (χ0v) is 18.9. The van der Waals surface area contributed by atoms with Crippen molar-refractivity contribution in [3.8, 4) is 0 Å². The maximum atomic E-state index is 13.0. The first-order valence-electron chi connectivity index (χ1n) is 10.5. The first-order valence-corrected chi connectivity index (χ1v) is 12.9. The summed E-state index contributed by atoms with van der Waals surface area (Å²) in [7, 11) is -3.62. The summed E-state index contributed by atoms with van der Waals surface area (Å²) in [5.74, 6) is 0.435. The number of thiophene rings is 1. The van der Waals surface area contributed by atoms with Crippen LogP contribution in [0.15, 0.2) is 77.0 Å². The van der Waals surface area contributed by atoms with Crippen LogP contribution >= 0.6 is 11.3 Å². The van der Waals surface area contributed by atoms with Crippen molar-refractivity contribution in [3.63, 3.8) is 0 Å². The number of amides is 1. The van der Waals surface area contributed by atoms with Crippen LogP contribution in [0.1, 0.15) is 46.0 Å². The van der Waals surface area contributed by atoms with Crippen molar-refractivity contribution in [1.29, 1.82) is 0 Å². The highest BCUT2D eigenvalue weighted by atomic mass is 32.2. The highest BCUT2D eigenvalue weighted by Gasteiger charge is 2.23. The summed E-state index contributed by atoms with van der Waals surface area (Å²) in [5.41, 5.74) is 1.86. The normalized spacial score (nSPS) is 17.3. The predicted molar refractivity (Wildman–Crippen MR) is 124 cm³/mol. The standard InChI is InChI=1S/C24H26N2O3S2/c27-24(26-15-4-8-20(14-16-26)19-6-2-1-3-7-19)21-10-12-23(13-11-21)31(28,29)25-18-22-9-5-17-30-22/h1-3,5-7,9-13,17,20,25H,4,8,14-16,18H2. The molecule has 0 radical (unpaired) electrons. The van der Waals surface area contributed by atoms with Crippen LogP contribution in [0, 0.1) is 0 Å². The number of hydrogen-bond acceptors (Lipinski definition) is 4. The molecule has 0 spiro atoms. The van der Waals surface area contributed by atoms with Gasteiger partial charge < -0.3 is 4.90 Å². The lowest BCUT2D eigenvalue weighted by Crippen LogP contribution is -2.32. The van der Waals surface area contributed by atoms with Crippen LogP contribution in [0.25, 0.3) is 0 Å². The summed E-state index contributed by atoms with van der Waals surface area (Å²) in [4.78, 5) is 16.0. The van der Waals surface area contributed by atoms with Gasteiger partial charge in [-0.3, -0.25) is 4.79 Å². The van der Waals surface area contributed by atoms with Gasteiger partial charge in [0.05, 0.1) is 4.90 Å². The summed E-state index contributed by atoms with van der Waals surface area (Å²) < 4.78 is 27.7. The lowest BCUT2D eigenvalue weighted by molar-refractivity contribution is 0.0761. The molecule has 2 aromatic carbocycles. The first kappa shape index (κ1) is 21.7. The summed E-state index contributed by atoms with van der Waals surface area (Å²) in [6, 6.07) is 20.5. The molecule has 1 aromatic heterocycles. The minimum Gasteiger partial charge on any atom is -0.339 e. The van der Waals surface area contributed by atoms with Gasteiger partial charge >= 0.3 is 0 Å². The van der Waals surface area contributed by atoms with Crippen LogP contribution in [-0.4, -0.2) is 32.3 Å². The zero-order valence-electron chi connectivity index (χ0n) is 17.2. The smallest absolute Gasteiger partial charge is 0.253 e. The summed E-state index contributed by atoms with van der Waals surface area (Å²) in [6.07, 6.45) is 2.97. The molecule has 7 heteroatoms. The molecule has 1 fully saturated rings. The van der Waals surface area contributed by atoms with Gasteiger partial charge in [-0.05, 0) is 66.5 Å². The van der Waals surface area contributed by atoms with Gasteiger partial charge in [-0.15, -0.1) is 11.3 Å². The minimum absolute atomic E-state index is 0.0378. The Bertz CT molecular complexity index is 1100. The fourth-order valence-electron chi connectivity index (χ4n) is 3.98. The third-order valence-corrected chi connectivity index (χ3v) is 8.01. The average Bonchev–Trinajstić information content (AvgIpc) is 3.21. The second-order valence-electron chi connectivity index (χ2n) is 7.76. The molecule has 2 heterocycles. The molecule has 1 amide bonds. The van der Waals surface area contributed by atoms with E-state index in [0.717, 1.165) is 30.7 Å². The Morgan fingerprint density at radius 3 is 2.45 bits per heavy atom. The van der Waals surface area contributed by atoms with Gasteiger partial charge in [0.15, 0.2) is 0 Å². The SMILES string of the molecule is O=C(c1ccc(S(=O)(=O)NCc2cccs2)cc1)N1CCCC(c2ccccc2)CC1. The van der Waals surface area contributed by atoms with E-state index in [1.165, 1.54) is 29.0 Å². The van der Waals surface area contributed by atoms with Crippen molar-refractivity contribution >= 4 is 27.3 Å². The molecule has 1 N–H and O–H groups in total. The molecule has 3 aromatic rings. The van der Waals surface area contributed by atoms with Gasteiger partial charge in [-0.1, -0.05) is 36.4 Å². The number of nitrogens with one attached hydrogen (secondary N) is 1. The van der Waals surface area contributed by atoms with Crippen molar-refractivity contribution in [1.82, 2.24) is 9.62 Å². The predicted octanol–water partition coefficient (Wildman–Crippen LogP) is 4.64. The van der Waals surface area contributed by atoms with E-state index < -0.39 is 10.0 Å². The second-order valence-corrected chi connectivity index (χ2v) is 10.6. The molecule has 1 aliphatic heterocycles. The molecule has 1 saturated heterocycles. The Hall–Kier alpha value is -2.48. The van der Waals surface area contributed by atoms with Crippen LogP contribution in [-0.2, 0) is 16.6 Å².